The van der Waals surface area contributed by atoms with Crippen molar-refractivity contribution in [3.63, 3.8) is 0 Å². The highest BCUT2D eigenvalue weighted by Crippen LogP contribution is 2.27. The quantitative estimate of drug-likeness (QED) is 0.272. The van der Waals surface area contributed by atoms with Crippen LogP contribution >= 0.6 is 0 Å². The van der Waals surface area contributed by atoms with Crippen LogP contribution in [0.15, 0.2) is 54.6 Å². The lowest BCUT2D eigenvalue weighted by Gasteiger charge is -2.10. The molecule has 4 nitrogen and oxygen atoms in total. The highest BCUT2D eigenvalue weighted by Gasteiger charge is 2.11. The SMILES string of the molecule is N=C(N)c1cc(COc2ccc(-c3cc(F)c(F)cc3F)cc2)ccc1N. The van der Waals surface area contributed by atoms with Crippen LogP contribution in [0.4, 0.5) is 18.9 Å². The molecule has 0 saturated heterocycles. The number of halogens is 3. The zero-order chi connectivity index (χ0) is 19.6. The van der Waals surface area contributed by atoms with Gasteiger partial charge in [0.2, 0.25) is 0 Å². The van der Waals surface area contributed by atoms with Gasteiger partial charge in [-0.15, -0.1) is 0 Å². The van der Waals surface area contributed by atoms with Crippen LogP contribution in [0.5, 0.6) is 5.75 Å². The first kappa shape index (κ1) is 18.3. The monoisotopic (exact) mass is 371 g/mol. The number of rotatable bonds is 5. The zero-order valence-electron chi connectivity index (χ0n) is 14.1. The summed E-state index contributed by atoms with van der Waals surface area (Å²) >= 11 is 0. The summed E-state index contributed by atoms with van der Waals surface area (Å²) in [6, 6.07) is 12.7. The molecule has 7 heteroatoms. The van der Waals surface area contributed by atoms with E-state index in [9.17, 15) is 13.2 Å². The van der Waals surface area contributed by atoms with Crippen molar-refractivity contribution in [3.05, 3.63) is 83.2 Å². The molecule has 138 valence electrons. The fourth-order valence-corrected chi connectivity index (χ4v) is 2.57. The Balaban J connectivity index is 1.74. The summed E-state index contributed by atoms with van der Waals surface area (Å²) in [5.74, 6) is -2.82. The second-order valence-electron chi connectivity index (χ2n) is 5.89. The molecule has 0 atom stereocenters. The summed E-state index contributed by atoms with van der Waals surface area (Å²) in [4.78, 5) is 0. The van der Waals surface area contributed by atoms with Gasteiger partial charge in [-0.3, -0.25) is 5.41 Å². The van der Waals surface area contributed by atoms with Crippen molar-refractivity contribution >= 4 is 11.5 Å². The summed E-state index contributed by atoms with van der Waals surface area (Å²) in [6.07, 6.45) is 0. The van der Waals surface area contributed by atoms with Gasteiger partial charge in [-0.2, -0.15) is 0 Å². The van der Waals surface area contributed by atoms with Gasteiger partial charge in [0.05, 0.1) is 0 Å². The van der Waals surface area contributed by atoms with Gasteiger partial charge in [0.25, 0.3) is 0 Å². The first-order chi connectivity index (χ1) is 12.8. The number of ether oxygens (including phenoxy) is 1. The Bertz CT molecular complexity index is 1000. The van der Waals surface area contributed by atoms with E-state index in [1.807, 2.05) is 0 Å². The molecule has 0 aliphatic carbocycles. The Labute approximate surface area is 153 Å². The summed E-state index contributed by atoms with van der Waals surface area (Å²) < 4.78 is 45.9. The van der Waals surface area contributed by atoms with Gasteiger partial charge in [0.15, 0.2) is 11.6 Å². The molecule has 0 aromatic heterocycles. The zero-order valence-corrected chi connectivity index (χ0v) is 14.1. The third-order valence-electron chi connectivity index (χ3n) is 3.99. The number of amidine groups is 1. The summed E-state index contributed by atoms with van der Waals surface area (Å²) in [6.45, 7) is 0.208. The molecule has 0 spiro atoms. The molecule has 0 heterocycles. The Morgan fingerprint density at radius 2 is 1.56 bits per heavy atom. The van der Waals surface area contributed by atoms with Crippen LogP contribution < -0.4 is 16.2 Å². The average molecular weight is 371 g/mol. The molecule has 0 radical (unpaired) electrons. The van der Waals surface area contributed by atoms with Gasteiger partial charge in [-0.25, -0.2) is 13.2 Å². The topological polar surface area (TPSA) is 85.1 Å². The second kappa shape index (κ2) is 7.41. The van der Waals surface area contributed by atoms with Crippen molar-refractivity contribution < 1.29 is 17.9 Å². The van der Waals surface area contributed by atoms with Gasteiger partial charge in [0.1, 0.15) is 24.0 Å². The van der Waals surface area contributed by atoms with Crippen LogP contribution in [0, 0.1) is 22.9 Å². The van der Waals surface area contributed by atoms with Crippen molar-refractivity contribution in [2.24, 2.45) is 5.73 Å². The van der Waals surface area contributed by atoms with E-state index >= 15 is 0 Å². The molecule has 3 rings (SSSR count). The molecule has 0 amide bonds. The van der Waals surface area contributed by atoms with E-state index < -0.39 is 17.5 Å². The lowest BCUT2D eigenvalue weighted by atomic mass is 10.0. The fourth-order valence-electron chi connectivity index (χ4n) is 2.57. The number of nitrogens with two attached hydrogens (primary N) is 2. The summed E-state index contributed by atoms with van der Waals surface area (Å²) in [5.41, 5.74) is 13.2. The van der Waals surface area contributed by atoms with Crippen LogP contribution in [0.1, 0.15) is 11.1 Å². The molecule has 27 heavy (non-hydrogen) atoms. The highest BCUT2D eigenvalue weighted by molar-refractivity contribution is 5.99. The van der Waals surface area contributed by atoms with Gasteiger partial charge in [-0.05, 0) is 41.5 Å². The number of nitrogens with one attached hydrogen (secondary N) is 1. The number of anilines is 1. The first-order valence-electron chi connectivity index (χ1n) is 7.95. The van der Waals surface area contributed by atoms with Crippen LogP contribution in [-0.4, -0.2) is 5.84 Å². The normalized spacial score (nSPS) is 10.6. The van der Waals surface area contributed by atoms with Crippen molar-refractivity contribution in [2.75, 3.05) is 5.73 Å². The maximum absolute atomic E-state index is 13.8. The van der Waals surface area contributed by atoms with Crippen molar-refractivity contribution in [1.29, 1.82) is 5.41 Å². The van der Waals surface area contributed by atoms with E-state index in [4.69, 9.17) is 21.6 Å². The predicted octanol–water partition coefficient (Wildman–Crippen LogP) is 4.22. The first-order valence-corrected chi connectivity index (χ1v) is 7.95. The smallest absolute Gasteiger partial charge is 0.161 e. The molecule has 0 aliphatic heterocycles. The Kier molecular flexibility index (Phi) is 5.03. The van der Waals surface area contributed by atoms with Gasteiger partial charge in [0, 0.05) is 22.9 Å². The van der Waals surface area contributed by atoms with E-state index in [2.05, 4.69) is 0 Å². The largest absolute Gasteiger partial charge is 0.489 e. The standard InChI is InChI=1S/C20H16F3N3O/c21-16-9-18(23)17(22)8-14(16)12-2-4-13(5-3-12)27-10-11-1-6-19(24)15(7-11)20(25)26/h1-9H,10,24H2,(H3,25,26). The third kappa shape index (κ3) is 4.03. The molecule has 0 saturated carbocycles. The van der Waals surface area contributed by atoms with Gasteiger partial charge in [-0.1, -0.05) is 18.2 Å². The number of nitrogen functional groups attached to an aromatic ring is 2. The number of benzene rings is 3. The fraction of sp³-hybridized carbons (Fsp3) is 0.0500. The Morgan fingerprint density at radius 3 is 2.22 bits per heavy atom. The van der Waals surface area contributed by atoms with Gasteiger partial charge < -0.3 is 16.2 Å². The van der Waals surface area contributed by atoms with Crippen molar-refractivity contribution in [1.82, 2.24) is 0 Å². The van der Waals surface area contributed by atoms with Crippen LogP contribution in [0.2, 0.25) is 0 Å². The number of hydrogen-bond acceptors (Lipinski definition) is 3. The minimum absolute atomic E-state index is 0.0370. The molecule has 0 bridgehead atoms. The second-order valence-corrected chi connectivity index (χ2v) is 5.89. The van der Waals surface area contributed by atoms with Crippen LogP contribution in [0.3, 0.4) is 0 Å². The molecule has 0 unspecified atom stereocenters. The lowest BCUT2D eigenvalue weighted by Crippen LogP contribution is -2.14. The van der Waals surface area contributed by atoms with Gasteiger partial charge >= 0.3 is 0 Å². The van der Waals surface area contributed by atoms with Crippen molar-refractivity contribution in [3.8, 4) is 16.9 Å². The maximum atomic E-state index is 13.8. The molecule has 3 aromatic carbocycles. The maximum Gasteiger partial charge on any atom is 0.161 e. The molecule has 5 N–H and O–H groups in total. The van der Waals surface area contributed by atoms with E-state index in [0.29, 0.717) is 28.6 Å². The van der Waals surface area contributed by atoms with Crippen LogP contribution in [-0.2, 0) is 6.61 Å². The van der Waals surface area contributed by atoms with E-state index in [0.717, 1.165) is 11.6 Å². The molecular weight excluding hydrogens is 355 g/mol. The minimum atomic E-state index is -1.23. The molecule has 0 fully saturated rings. The van der Waals surface area contributed by atoms with Crippen molar-refractivity contribution in [2.45, 2.75) is 6.61 Å². The Morgan fingerprint density at radius 1 is 0.889 bits per heavy atom. The third-order valence-corrected chi connectivity index (χ3v) is 3.99. The summed E-state index contributed by atoms with van der Waals surface area (Å²) in [5, 5.41) is 7.50. The predicted molar refractivity (Wildman–Crippen MR) is 98.0 cm³/mol. The summed E-state index contributed by atoms with van der Waals surface area (Å²) in [7, 11) is 0. The van der Waals surface area contributed by atoms with E-state index in [-0.39, 0.29) is 18.0 Å². The van der Waals surface area contributed by atoms with Crippen LogP contribution in [0.25, 0.3) is 11.1 Å². The van der Waals surface area contributed by atoms with E-state index in [1.165, 1.54) is 0 Å². The Hall–Kier alpha value is -3.48. The minimum Gasteiger partial charge on any atom is -0.489 e. The molecule has 3 aromatic rings. The lowest BCUT2D eigenvalue weighted by molar-refractivity contribution is 0.306. The highest BCUT2D eigenvalue weighted by atomic mass is 19.2. The molecule has 0 aliphatic rings. The van der Waals surface area contributed by atoms with E-state index in [1.54, 1.807) is 42.5 Å². The molecular formula is C20H16F3N3O. The average Bonchev–Trinajstić information content (AvgIpc) is 2.64. The number of hydrogen-bond donors (Lipinski definition) is 3.